The fourth-order valence-electron chi connectivity index (χ4n) is 1.96. The number of rotatable bonds is 8. The summed E-state index contributed by atoms with van der Waals surface area (Å²) < 4.78 is 18.3. The van der Waals surface area contributed by atoms with Crippen LogP contribution in [0.3, 0.4) is 0 Å². The van der Waals surface area contributed by atoms with E-state index in [9.17, 15) is 14.3 Å². The van der Waals surface area contributed by atoms with Gasteiger partial charge in [0.2, 0.25) is 0 Å². The molecule has 106 valence electrons. The molecule has 1 atom stereocenters. The molecule has 0 spiro atoms. The third-order valence-corrected chi connectivity index (χ3v) is 3.30. The Morgan fingerprint density at radius 3 is 2.79 bits per heavy atom. The van der Waals surface area contributed by atoms with Crippen molar-refractivity contribution >= 4 is 5.97 Å². The molecule has 0 aromatic heterocycles. The van der Waals surface area contributed by atoms with E-state index < -0.39 is 11.5 Å². The molecule has 0 aliphatic heterocycles. The molecule has 0 bridgehead atoms. The van der Waals surface area contributed by atoms with E-state index in [1.165, 1.54) is 12.1 Å². The summed E-state index contributed by atoms with van der Waals surface area (Å²) >= 11 is 0. The van der Waals surface area contributed by atoms with Gasteiger partial charge in [-0.15, -0.1) is 0 Å². The van der Waals surface area contributed by atoms with E-state index >= 15 is 0 Å². The molecule has 0 aliphatic rings. The maximum absolute atomic E-state index is 12.9. The minimum Gasteiger partial charge on any atom is -0.493 e. The Morgan fingerprint density at radius 1 is 1.53 bits per heavy atom. The second-order valence-electron chi connectivity index (χ2n) is 4.40. The van der Waals surface area contributed by atoms with E-state index in [0.717, 1.165) is 0 Å². The highest BCUT2D eigenvalue weighted by Crippen LogP contribution is 2.18. The van der Waals surface area contributed by atoms with Gasteiger partial charge in [0.05, 0.1) is 6.61 Å². The molecule has 2 N–H and O–H groups in total. The van der Waals surface area contributed by atoms with E-state index in [1.807, 2.05) is 6.92 Å². The number of ether oxygens (including phenoxy) is 1. The summed E-state index contributed by atoms with van der Waals surface area (Å²) in [5.74, 6) is -0.744. The molecule has 4 nitrogen and oxygen atoms in total. The number of nitrogens with one attached hydrogen (secondary N) is 1. The molecule has 0 amide bonds. The summed E-state index contributed by atoms with van der Waals surface area (Å²) in [4.78, 5) is 11.2. The summed E-state index contributed by atoms with van der Waals surface area (Å²) in [5, 5.41) is 12.1. The Labute approximate surface area is 112 Å². The highest BCUT2D eigenvalue weighted by molar-refractivity contribution is 5.78. The van der Waals surface area contributed by atoms with Crippen molar-refractivity contribution in [2.24, 2.45) is 0 Å². The summed E-state index contributed by atoms with van der Waals surface area (Å²) in [6.07, 6.45) is 1.54. The Kier molecular flexibility index (Phi) is 5.76. The number of aliphatic carboxylic acids is 1. The van der Waals surface area contributed by atoms with Crippen molar-refractivity contribution in [1.29, 1.82) is 0 Å². The van der Waals surface area contributed by atoms with E-state index in [2.05, 4.69) is 5.32 Å². The number of likely N-dealkylation sites (N-methyl/N-ethyl adjacent to an activating group) is 1. The molecular weight excluding hydrogens is 249 g/mol. The zero-order chi connectivity index (χ0) is 14.3. The van der Waals surface area contributed by atoms with Crippen molar-refractivity contribution in [2.75, 3.05) is 13.7 Å². The lowest BCUT2D eigenvalue weighted by molar-refractivity contribution is -0.145. The zero-order valence-electron chi connectivity index (χ0n) is 11.3. The van der Waals surface area contributed by atoms with Crippen LogP contribution < -0.4 is 10.1 Å². The molecule has 0 fully saturated rings. The first-order chi connectivity index (χ1) is 9.04. The average Bonchev–Trinajstić information content (AvgIpc) is 2.39. The minimum atomic E-state index is -0.911. The third-order valence-electron chi connectivity index (χ3n) is 3.30. The fraction of sp³-hybridized carbons (Fsp3) is 0.500. The predicted octanol–water partition coefficient (Wildman–Crippen LogP) is 2.44. The molecule has 1 unspecified atom stereocenters. The summed E-state index contributed by atoms with van der Waals surface area (Å²) in [6.45, 7) is 2.19. The monoisotopic (exact) mass is 269 g/mol. The van der Waals surface area contributed by atoms with Gasteiger partial charge in [-0.2, -0.15) is 0 Å². The maximum Gasteiger partial charge on any atom is 0.323 e. The molecule has 19 heavy (non-hydrogen) atoms. The van der Waals surface area contributed by atoms with E-state index in [0.29, 0.717) is 31.6 Å². The first-order valence-corrected chi connectivity index (χ1v) is 6.35. The Hall–Kier alpha value is -1.62. The Morgan fingerprint density at radius 2 is 2.26 bits per heavy atom. The number of carbonyl (C=O) groups is 1. The van der Waals surface area contributed by atoms with Crippen LogP contribution in [0.1, 0.15) is 26.2 Å². The molecule has 0 radical (unpaired) electrons. The highest BCUT2D eigenvalue weighted by Gasteiger charge is 2.34. The van der Waals surface area contributed by atoms with Gasteiger partial charge in [-0.05, 0) is 38.4 Å². The lowest BCUT2D eigenvalue weighted by atomic mass is 9.91. The molecule has 1 rings (SSSR count). The second kappa shape index (κ2) is 7.09. The third kappa shape index (κ3) is 4.21. The van der Waals surface area contributed by atoms with Crippen LogP contribution in [0.2, 0.25) is 0 Å². The van der Waals surface area contributed by atoms with Crippen molar-refractivity contribution in [3.05, 3.63) is 30.1 Å². The molecule has 0 saturated heterocycles. The van der Waals surface area contributed by atoms with Gasteiger partial charge < -0.3 is 15.2 Å². The van der Waals surface area contributed by atoms with Crippen LogP contribution in [-0.4, -0.2) is 30.3 Å². The van der Waals surface area contributed by atoms with Gasteiger partial charge in [-0.25, -0.2) is 4.39 Å². The standard InChI is InChI=1S/C14H20FNO3/c1-3-14(16-2,13(17)18)8-5-9-19-12-7-4-6-11(15)10-12/h4,6-7,10,16H,3,5,8-9H2,1-2H3,(H,17,18). The summed E-state index contributed by atoms with van der Waals surface area (Å²) in [6, 6.07) is 5.90. The van der Waals surface area contributed by atoms with E-state index in [4.69, 9.17) is 4.74 Å². The zero-order valence-corrected chi connectivity index (χ0v) is 11.3. The number of benzene rings is 1. The number of carboxylic acids is 1. The molecule has 0 heterocycles. The van der Waals surface area contributed by atoms with Crippen LogP contribution >= 0.6 is 0 Å². The topological polar surface area (TPSA) is 58.6 Å². The first kappa shape index (κ1) is 15.4. The van der Waals surface area contributed by atoms with Gasteiger partial charge in [0.25, 0.3) is 0 Å². The number of carboxylic acid groups (broad SMARTS) is 1. The van der Waals surface area contributed by atoms with Crippen molar-refractivity contribution in [2.45, 2.75) is 31.7 Å². The van der Waals surface area contributed by atoms with E-state index in [1.54, 1.807) is 19.2 Å². The van der Waals surface area contributed by atoms with Crippen molar-refractivity contribution in [1.82, 2.24) is 5.32 Å². The lowest BCUT2D eigenvalue weighted by Gasteiger charge is -2.27. The van der Waals surface area contributed by atoms with Crippen LogP contribution in [0.25, 0.3) is 0 Å². The van der Waals surface area contributed by atoms with Crippen LogP contribution in [-0.2, 0) is 4.79 Å². The molecular formula is C14H20FNO3. The molecule has 1 aromatic carbocycles. The average molecular weight is 269 g/mol. The van der Waals surface area contributed by atoms with Crippen LogP contribution in [0.5, 0.6) is 5.75 Å². The van der Waals surface area contributed by atoms with Crippen molar-refractivity contribution in [3.63, 3.8) is 0 Å². The maximum atomic E-state index is 12.9. The normalized spacial score (nSPS) is 13.8. The van der Waals surface area contributed by atoms with Gasteiger partial charge in [-0.3, -0.25) is 4.79 Å². The first-order valence-electron chi connectivity index (χ1n) is 6.35. The largest absolute Gasteiger partial charge is 0.493 e. The SMILES string of the molecule is CCC(CCCOc1cccc(F)c1)(NC)C(=O)O. The number of hydrogen-bond acceptors (Lipinski definition) is 3. The molecule has 0 aliphatic carbocycles. The molecule has 5 heteroatoms. The van der Waals surface area contributed by atoms with Gasteiger partial charge in [0.1, 0.15) is 17.1 Å². The van der Waals surface area contributed by atoms with E-state index in [-0.39, 0.29) is 5.82 Å². The predicted molar refractivity (Wildman–Crippen MR) is 70.8 cm³/mol. The van der Waals surface area contributed by atoms with Gasteiger partial charge in [0, 0.05) is 6.07 Å². The van der Waals surface area contributed by atoms with Gasteiger partial charge in [0.15, 0.2) is 0 Å². The second-order valence-corrected chi connectivity index (χ2v) is 4.40. The summed E-state index contributed by atoms with van der Waals surface area (Å²) in [7, 11) is 1.64. The smallest absolute Gasteiger partial charge is 0.323 e. The number of halogens is 1. The molecule has 0 saturated carbocycles. The quantitative estimate of drug-likeness (QED) is 0.712. The Bertz CT molecular complexity index is 419. The van der Waals surface area contributed by atoms with Crippen molar-refractivity contribution < 1.29 is 19.0 Å². The summed E-state index contributed by atoms with van der Waals surface area (Å²) in [5.41, 5.74) is -0.911. The van der Waals surface area contributed by atoms with Crippen LogP contribution in [0, 0.1) is 5.82 Å². The van der Waals surface area contributed by atoms with Crippen molar-refractivity contribution in [3.8, 4) is 5.75 Å². The number of hydrogen-bond donors (Lipinski definition) is 2. The van der Waals surface area contributed by atoms with Gasteiger partial charge in [-0.1, -0.05) is 13.0 Å². The minimum absolute atomic E-state index is 0.346. The highest BCUT2D eigenvalue weighted by atomic mass is 19.1. The fourth-order valence-corrected chi connectivity index (χ4v) is 1.96. The lowest BCUT2D eigenvalue weighted by Crippen LogP contribution is -2.50. The van der Waals surface area contributed by atoms with Crippen LogP contribution in [0.4, 0.5) is 4.39 Å². The van der Waals surface area contributed by atoms with Gasteiger partial charge >= 0.3 is 5.97 Å². The van der Waals surface area contributed by atoms with Crippen LogP contribution in [0.15, 0.2) is 24.3 Å². The Balaban J connectivity index is 2.43. The molecule has 1 aromatic rings.